The number of amides is 2. The number of hydrogen-bond acceptors (Lipinski definition) is 9. The van der Waals surface area contributed by atoms with Crippen LogP contribution >= 0.6 is 0 Å². The van der Waals surface area contributed by atoms with Gasteiger partial charge in [0, 0.05) is 70.2 Å². The summed E-state index contributed by atoms with van der Waals surface area (Å²) in [7, 11) is 0. The highest BCUT2D eigenvalue weighted by Crippen LogP contribution is 2.10. The molecule has 1 heterocycles. The van der Waals surface area contributed by atoms with Gasteiger partial charge >= 0.3 is 17.9 Å². The number of hydrogen-bond donors (Lipinski definition) is 5. The van der Waals surface area contributed by atoms with Crippen molar-refractivity contribution in [1.29, 1.82) is 0 Å². The number of carboxylic acids is 3. The predicted molar refractivity (Wildman–Crippen MR) is 156 cm³/mol. The van der Waals surface area contributed by atoms with E-state index in [1.165, 1.54) is 0 Å². The van der Waals surface area contributed by atoms with Crippen molar-refractivity contribution in [2.45, 2.75) is 26.2 Å². The molecule has 1 aromatic carbocycles. The number of benzene rings is 1. The quantitative estimate of drug-likeness (QED) is 0.183. The van der Waals surface area contributed by atoms with Crippen LogP contribution in [0.5, 0.6) is 0 Å². The highest BCUT2D eigenvalue weighted by molar-refractivity contribution is 5.96. The van der Waals surface area contributed by atoms with Crippen molar-refractivity contribution in [3.05, 3.63) is 29.8 Å². The Bertz CT molecular complexity index is 1010. The van der Waals surface area contributed by atoms with E-state index in [1.807, 2.05) is 4.90 Å². The molecule has 0 spiro atoms. The molecule has 0 radical (unpaired) electrons. The molecule has 0 saturated carbocycles. The van der Waals surface area contributed by atoms with Gasteiger partial charge in [0.05, 0.1) is 26.2 Å². The highest BCUT2D eigenvalue weighted by atomic mass is 16.4. The van der Waals surface area contributed by atoms with E-state index < -0.39 is 17.9 Å². The van der Waals surface area contributed by atoms with Crippen molar-refractivity contribution in [1.82, 2.24) is 24.9 Å². The van der Waals surface area contributed by atoms with Gasteiger partial charge in [-0.25, -0.2) is 0 Å². The van der Waals surface area contributed by atoms with Gasteiger partial charge in [0.2, 0.25) is 5.91 Å². The maximum atomic E-state index is 12.9. The van der Waals surface area contributed by atoms with E-state index in [0.717, 1.165) is 19.3 Å². The number of aliphatic carboxylic acids is 3. The number of anilines is 1. The summed E-state index contributed by atoms with van der Waals surface area (Å²) in [5.74, 6) is -3.52. The third-order valence-electron chi connectivity index (χ3n) is 6.87. The number of carbonyl (C=O) groups is 5. The Hall–Kier alpha value is -3.59. The van der Waals surface area contributed by atoms with Crippen LogP contribution in [0.2, 0.25) is 0 Å². The van der Waals surface area contributed by atoms with Gasteiger partial charge in [-0.15, -0.1) is 0 Å². The maximum Gasteiger partial charge on any atom is 0.317 e. The van der Waals surface area contributed by atoms with Gasteiger partial charge in [0.1, 0.15) is 0 Å². The van der Waals surface area contributed by atoms with E-state index in [9.17, 15) is 39.3 Å². The molecule has 0 atom stereocenters. The molecule has 1 aliphatic heterocycles. The van der Waals surface area contributed by atoms with Crippen LogP contribution in [-0.2, 0) is 19.2 Å². The zero-order valence-corrected chi connectivity index (χ0v) is 24.3. The van der Waals surface area contributed by atoms with E-state index in [1.54, 1.807) is 39.0 Å². The van der Waals surface area contributed by atoms with E-state index >= 15 is 0 Å². The molecule has 42 heavy (non-hydrogen) atoms. The molecule has 2 rings (SSSR count). The van der Waals surface area contributed by atoms with Crippen LogP contribution in [0.25, 0.3) is 0 Å². The lowest BCUT2D eigenvalue weighted by Crippen LogP contribution is -2.49. The molecule has 0 aromatic heterocycles. The second-order valence-corrected chi connectivity index (χ2v) is 10.4. The van der Waals surface area contributed by atoms with Crippen LogP contribution in [0, 0.1) is 0 Å². The Morgan fingerprint density at radius 1 is 0.643 bits per heavy atom. The molecule has 14 nitrogen and oxygen atoms in total. The first-order valence-electron chi connectivity index (χ1n) is 14.3. The molecule has 1 fully saturated rings. The van der Waals surface area contributed by atoms with Gasteiger partial charge in [0.25, 0.3) is 5.91 Å². The molecule has 0 unspecified atom stereocenters. The van der Waals surface area contributed by atoms with Crippen LogP contribution < -0.4 is 10.6 Å². The summed E-state index contributed by atoms with van der Waals surface area (Å²) < 4.78 is 0. The Balaban J connectivity index is 2.05. The molecule has 5 N–H and O–H groups in total. The van der Waals surface area contributed by atoms with Gasteiger partial charge in [-0.1, -0.05) is 19.8 Å². The van der Waals surface area contributed by atoms with Gasteiger partial charge in [-0.3, -0.25) is 43.6 Å². The molecule has 14 heteroatoms. The molecular weight excluding hydrogens is 548 g/mol. The number of carboxylic acid groups (broad SMARTS) is 3. The largest absolute Gasteiger partial charge is 0.480 e. The second kappa shape index (κ2) is 18.8. The van der Waals surface area contributed by atoms with Gasteiger partial charge in [-0.2, -0.15) is 0 Å². The fourth-order valence-corrected chi connectivity index (χ4v) is 4.57. The molecule has 0 bridgehead atoms. The summed E-state index contributed by atoms with van der Waals surface area (Å²) in [4.78, 5) is 66.3. The molecule has 234 valence electrons. The first-order chi connectivity index (χ1) is 20.0. The van der Waals surface area contributed by atoms with Crippen molar-refractivity contribution in [2.75, 3.05) is 90.4 Å². The van der Waals surface area contributed by atoms with Crippen LogP contribution in [0.1, 0.15) is 36.5 Å². The molecule has 1 aliphatic rings. The average molecular weight is 593 g/mol. The van der Waals surface area contributed by atoms with E-state index in [4.69, 9.17) is 0 Å². The second-order valence-electron chi connectivity index (χ2n) is 10.4. The zero-order chi connectivity index (χ0) is 30.9. The fraction of sp³-hybridized carbons (Fsp3) is 0.607. The Labute approximate surface area is 246 Å². The number of carbonyl (C=O) groups excluding carboxylic acids is 2. The number of rotatable bonds is 14. The summed E-state index contributed by atoms with van der Waals surface area (Å²) in [6.45, 7) is 4.53. The molecule has 1 aromatic rings. The normalized spacial score (nSPS) is 16.6. The number of nitrogens with zero attached hydrogens (tertiary/aromatic N) is 4. The molecular formula is C28H44N6O8. The Morgan fingerprint density at radius 2 is 1.05 bits per heavy atom. The highest BCUT2D eigenvalue weighted by Gasteiger charge is 2.21. The SMILES string of the molecule is CCCCCNC(=O)c1ccc(NC(=O)CN2CCN(CC(=O)O)CCN(CC(=O)O)CCN(CC(=O)O)CC2)cc1. The van der Waals surface area contributed by atoms with E-state index in [-0.39, 0.29) is 38.0 Å². The standard InChI is InChI=1S/C28H44N6O8/c1-2-3-4-9-29-28(42)22-5-7-23(8-6-22)30-24(35)18-31-10-12-32(19-25(36)37)14-16-34(21-27(40)41)17-15-33(13-11-31)20-26(38)39/h5-8H,2-4,9-21H2,1H3,(H,29,42)(H,30,35)(H,36,37)(H,38,39)(H,40,41). The summed E-state index contributed by atoms with van der Waals surface area (Å²) in [5, 5.41) is 33.7. The van der Waals surface area contributed by atoms with Crippen molar-refractivity contribution in [3.8, 4) is 0 Å². The average Bonchev–Trinajstić information content (AvgIpc) is 2.92. The summed E-state index contributed by atoms with van der Waals surface area (Å²) in [6.07, 6.45) is 3.03. The van der Waals surface area contributed by atoms with Crippen LogP contribution in [0.3, 0.4) is 0 Å². The third-order valence-corrected chi connectivity index (χ3v) is 6.87. The van der Waals surface area contributed by atoms with Crippen molar-refractivity contribution in [3.63, 3.8) is 0 Å². The lowest BCUT2D eigenvalue weighted by molar-refractivity contribution is -0.140. The van der Waals surface area contributed by atoms with Crippen molar-refractivity contribution < 1.29 is 39.3 Å². The minimum Gasteiger partial charge on any atom is -0.480 e. The third kappa shape index (κ3) is 14.3. The van der Waals surface area contributed by atoms with E-state index in [2.05, 4.69) is 17.6 Å². The summed E-state index contributed by atoms with van der Waals surface area (Å²) in [5.41, 5.74) is 1.02. The Kier molecular flexibility index (Phi) is 15.5. The van der Waals surface area contributed by atoms with E-state index in [0.29, 0.717) is 70.2 Å². The minimum absolute atomic E-state index is 0.00731. The summed E-state index contributed by atoms with van der Waals surface area (Å²) in [6, 6.07) is 6.59. The van der Waals surface area contributed by atoms with Crippen molar-refractivity contribution >= 4 is 35.4 Å². The van der Waals surface area contributed by atoms with Gasteiger partial charge in [0.15, 0.2) is 0 Å². The summed E-state index contributed by atoms with van der Waals surface area (Å²) >= 11 is 0. The molecule has 0 aliphatic carbocycles. The minimum atomic E-state index is -1.02. The van der Waals surface area contributed by atoms with Gasteiger partial charge < -0.3 is 26.0 Å². The Morgan fingerprint density at radius 3 is 1.43 bits per heavy atom. The predicted octanol–water partition coefficient (Wildman–Crippen LogP) is 0.0205. The van der Waals surface area contributed by atoms with Crippen LogP contribution in [-0.4, -0.2) is 150 Å². The van der Waals surface area contributed by atoms with Gasteiger partial charge in [-0.05, 0) is 30.7 Å². The van der Waals surface area contributed by atoms with Crippen LogP contribution in [0.15, 0.2) is 24.3 Å². The fourth-order valence-electron chi connectivity index (χ4n) is 4.57. The first-order valence-corrected chi connectivity index (χ1v) is 14.3. The number of nitrogens with one attached hydrogen (secondary N) is 2. The lowest BCUT2D eigenvalue weighted by Gasteiger charge is -2.32. The number of unbranched alkanes of at least 4 members (excludes halogenated alkanes) is 2. The van der Waals surface area contributed by atoms with Crippen molar-refractivity contribution in [2.24, 2.45) is 0 Å². The monoisotopic (exact) mass is 592 g/mol. The zero-order valence-electron chi connectivity index (χ0n) is 24.3. The first kappa shape index (κ1) is 34.6. The lowest BCUT2D eigenvalue weighted by atomic mass is 10.2. The molecule has 2 amide bonds. The topological polar surface area (TPSA) is 183 Å². The maximum absolute atomic E-state index is 12.9. The van der Waals surface area contributed by atoms with Crippen LogP contribution in [0.4, 0.5) is 5.69 Å². The molecule has 1 saturated heterocycles. The smallest absolute Gasteiger partial charge is 0.317 e.